The van der Waals surface area contributed by atoms with Crippen LogP contribution in [0.3, 0.4) is 0 Å². The van der Waals surface area contributed by atoms with E-state index in [9.17, 15) is 27.9 Å². The molecule has 0 fully saturated rings. The van der Waals surface area contributed by atoms with E-state index in [0.717, 1.165) is 0 Å². The standard InChI is InChI=1S/C11H10F3NO4/c12-11(13,14)10(19)15-5-8(16)6-1-3-7(4-2-6)9(17)18/h1-4,8,16H,5H2,(H,15,19)(H,17,18)/t8-/m0/s1. The van der Waals surface area contributed by atoms with Gasteiger partial charge >= 0.3 is 18.1 Å². The van der Waals surface area contributed by atoms with E-state index in [-0.39, 0.29) is 11.1 Å². The molecular formula is C11H10F3NO4. The first kappa shape index (κ1) is 15.0. The quantitative estimate of drug-likeness (QED) is 0.769. The maximum absolute atomic E-state index is 11.9. The summed E-state index contributed by atoms with van der Waals surface area (Å²) in [5, 5.41) is 19.7. The van der Waals surface area contributed by atoms with Crippen molar-refractivity contribution in [3.05, 3.63) is 35.4 Å². The number of alkyl halides is 3. The van der Waals surface area contributed by atoms with Crippen LogP contribution in [0.5, 0.6) is 0 Å². The molecule has 19 heavy (non-hydrogen) atoms. The minimum Gasteiger partial charge on any atom is -0.478 e. The van der Waals surface area contributed by atoms with Gasteiger partial charge in [-0.05, 0) is 17.7 Å². The SMILES string of the molecule is O=C(O)c1ccc([C@@H](O)CNC(=O)C(F)(F)F)cc1. The average Bonchev–Trinajstić information content (AvgIpc) is 2.34. The Bertz CT molecular complexity index is 470. The molecule has 0 aliphatic heterocycles. The van der Waals surface area contributed by atoms with Gasteiger partial charge in [-0.3, -0.25) is 4.79 Å². The Balaban J connectivity index is 2.61. The predicted octanol–water partition coefficient (Wildman–Crippen LogP) is 1.10. The molecule has 0 heterocycles. The van der Waals surface area contributed by atoms with E-state index in [2.05, 4.69) is 0 Å². The van der Waals surface area contributed by atoms with E-state index in [1.165, 1.54) is 29.6 Å². The fraction of sp³-hybridized carbons (Fsp3) is 0.273. The zero-order valence-corrected chi connectivity index (χ0v) is 9.44. The maximum Gasteiger partial charge on any atom is 0.471 e. The number of aromatic carboxylic acids is 1. The van der Waals surface area contributed by atoms with Crippen LogP contribution in [0.15, 0.2) is 24.3 Å². The highest BCUT2D eigenvalue weighted by Crippen LogP contribution is 2.16. The van der Waals surface area contributed by atoms with Gasteiger partial charge in [0.1, 0.15) is 0 Å². The maximum atomic E-state index is 11.9. The number of amides is 1. The Hall–Kier alpha value is -2.09. The summed E-state index contributed by atoms with van der Waals surface area (Å²) >= 11 is 0. The Morgan fingerprint density at radius 1 is 1.21 bits per heavy atom. The molecule has 104 valence electrons. The number of aliphatic hydroxyl groups is 1. The van der Waals surface area contributed by atoms with Crippen molar-refractivity contribution in [2.45, 2.75) is 12.3 Å². The van der Waals surface area contributed by atoms with Crippen LogP contribution in [0.2, 0.25) is 0 Å². The molecule has 0 radical (unpaired) electrons. The van der Waals surface area contributed by atoms with E-state index in [4.69, 9.17) is 5.11 Å². The number of carboxylic acid groups (broad SMARTS) is 1. The van der Waals surface area contributed by atoms with Crippen LogP contribution in [0, 0.1) is 0 Å². The van der Waals surface area contributed by atoms with Crippen molar-refractivity contribution in [2.24, 2.45) is 0 Å². The van der Waals surface area contributed by atoms with Crippen molar-refractivity contribution in [3.63, 3.8) is 0 Å². The van der Waals surface area contributed by atoms with Crippen LogP contribution in [0.4, 0.5) is 13.2 Å². The Kier molecular flexibility index (Phi) is 4.49. The van der Waals surface area contributed by atoms with Crippen molar-refractivity contribution < 1.29 is 33.0 Å². The number of benzene rings is 1. The number of halogens is 3. The second-order valence-corrected chi connectivity index (χ2v) is 3.65. The number of rotatable bonds is 4. The number of hydrogen-bond acceptors (Lipinski definition) is 3. The number of nitrogens with one attached hydrogen (secondary N) is 1. The summed E-state index contributed by atoms with van der Waals surface area (Å²) in [6.45, 7) is -0.620. The first-order valence-electron chi connectivity index (χ1n) is 5.08. The van der Waals surface area contributed by atoms with Gasteiger partial charge in [0, 0.05) is 6.54 Å². The number of carbonyl (C=O) groups is 2. The minimum absolute atomic E-state index is 0.0183. The van der Waals surface area contributed by atoms with Crippen LogP contribution in [-0.2, 0) is 4.79 Å². The molecule has 0 saturated carbocycles. The summed E-state index contributed by atoms with van der Waals surface area (Å²) in [6.07, 6.45) is -6.36. The molecular weight excluding hydrogens is 267 g/mol. The summed E-state index contributed by atoms with van der Waals surface area (Å²) in [5.74, 6) is -3.31. The predicted molar refractivity (Wildman–Crippen MR) is 57.4 cm³/mol. The number of hydrogen-bond donors (Lipinski definition) is 3. The molecule has 1 amide bonds. The van der Waals surface area contributed by atoms with Gasteiger partial charge in [0.15, 0.2) is 0 Å². The van der Waals surface area contributed by atoms with Crippen molar-refractivity contribution in [1.82, 2.24) is 5.32 Å². The molecule has 1 rings (SSSR count). The highest BCUT2D eigenvalue weighted by Gasteiger charge is 2.38. The molecule has 0 aliphatic carbocycles. The zero-order chi connectivity index (χ0) is 14.6. The lowest BCUT2D eigenvalue weighted by molar-refractivity contribution is -0.174. The minimum atomic E-state index is -5.01. The molecule has 5 nitrogen and oxygen atoms in total. The normalized spacial score (nSPS) is 12.8. The summed E-state index contributed by atoms with van der Waals surface area (Å²) in [7, 11) is 0. The topological polar surface area (TPSA) is 86.6 Å². The largest absolute Gasteiger partial charge is 0.478 e. The van der Waals surface area contributed by atoms with E-state index >= 15 is 0 Å². The van der Waals surface area contributed by atoms with Gasteiger partial charge in [0.25, 0.3) is 0 Å². The molecule has 0 aromatic heterocycles. The lowest BCUT2D eigenvalue weighted by Gasteiger charge is -2.13. The summed E-state index contributed by atoms with van der Waals surface area (Å²) < 4.78 is 35.7. The van der Waals surface area contributed by atoms with Gasteiger partial charge in [-0.1, -0.05) is 12.1 Å². The van der Waals surface area contributed by atoms with Crippen LogP contribution >= 0.6 is 0 Å². The summed E-state index contributed by atoms with van der Waals surface area (Å²) in [5.41, 5.74) is 0.183. The fourth-order valence-corrected chi connectivity index (χ4v) is 1.26. The van der Waals surface area contributed by atoms with Gasteiger partial charge in [0.2, 0.25) is 0 Å². The molecule has 0 saturated heterocycles. The Morgan fingerprint density at radius 2 is 1.74 bits per heavy atom. The third-order valence-corrected chi connectivity index (χ3v) is 2.26. The van der Waals surface area contributed by atoms with Gasteiger partial charge in [0.05, 0.1) is 11.7 Å². The lowest BCUT2D eigenvalue weighted by Crippen LogP contribution is -2.38. The van der Waals surface area contributed by atoms with Crippen LogP contribution in [0.1, 0.15) is 22.0 Å². The molecule has 8 heteroatoms. The second-order valence-electron chi connectivity index (χ2n) is 3.65. The van der Waals surface area contributed by atoms with Gasteiger partial charge in [-0.2, -0.15) is 13.2 Å². The molecule has 1 aromatic carbocycles. The summed E-state index contributed by atoms with van der Waals surface area (Å²) in [4.78, 5) is 21.1. The van der Waals surface area contributed by atoms with Crippen molar-refractivity contribution >= 4 is 11.9 Å². The van der Waals surface area contributed by atoms with Crippen molar-refractivity contribution in [2.75, 3.05) is 6.54 Å². The molecule has 3 N–H and O–H groups in total. The first-order chi connectivity index (χ1) is 8.71. The third kappa shape index (κ3) is 4.25. The van der Waals surface area contributed by atoms with Gasteiger partial charge in [-0.15, -0.1) is 0 Å². The molecule has 0 aliphatic rings. The van der Waals surface area contributed by atoms with Crippen LogP contribution < -0.4 is 5.32 Å². The van der Waals surface area contributed by atoms with Gasteiger partial charge in [-0.25, -0.2) is 4.79 Å². The third-order valence-electron chi connectivity index (χ3n) is 2.26. The van der Waals surface area contributed by atoms with Gasteiger partial charge < -0.3 is 15.5 Å². The first-order valence-corrected chi connectivity index (χ1v) is 5.08. The van der Waals surface area contributed by atoms with Crippen LogP contribution in [-0.4, -0.2) is 34.8 Å². The fourth-order valence-electron chi connectivity index (χ4n) is 1.26. The van der Waals surface area contributed by atoms with E-state index in [1.54, 1.807) is 0 Å². The smallest absolute Gasteiger partial charge is 0.471 e. The highest BCUT2D eigenvalue weighted by atomic mass is 19.4. The lowest BCUT2D eigenvalue weighted by atomic mass is 10.1. The average molecular weight is 277 g/mol. The number of carbonyl (C=O) groups excluding carboxylic acids is 1. The van der Waals surface area contributed by atoms with Crippen LogP contribution in [0.25, 0.3) is 0 Å². The molecule has 0 bridgehead atoms. The van der Waals surface area contributed by atoms with Crippen molar-refractivity contribution in [3.8, 4) is 0 Å². The van der Waals surface area contributed by atoms with E-state index in [1.807, 2.05) is 0 Å². The second kappa shape index (κ2) is 5.70. The number of carboxylic acids is 1. The molecule has 0 spiro atoms. The number of aliphatic hydroxyl groups excluding tert-OH is 1. The summed E-state index contributed by atoms with van der Waals surface area (Å²) in [6, 6.07) is 4.92. The van der Waals surface area contributed by atoms with E-state index in [0.29, 0.717) is 0 Å². The monoisotopic (exact) mass is 277 g/mol. The molecule has 1 atom stereocenters. The Labute approximate surface area is 105 Å². The Morgan fingerprint density at radius 3 is 2.16 bits per heavy atom. The highest BCUT2D eigenvalue weighted by molar-refractivity contribution is 5.87. The molecule has 1 aromatic rings. The zero-order valence-electron chi connectivity index (χ0n) is 9.44. The molecule has 0 unspecified atom stereocenters. The van der Waals surface area contributed by atoms with E-state index < -0.39 is 30.7 Å². The van der Waals surface area contributed by atoms with Crippen molar-refractivity contribution in [1.29, 1.82) is 0 Å².